The molecule has 3 unspecified atom stereocenters. The Hall–Kier alpha value is -0.170. The van der Waals surface area contributed by atoms with Crippen molar-refractivity contribution in [3.8, 4) is 0 Å². The molecular formula is C8H17NO4S. The molecule has 0 aromatic rings. The first-order valence-electron chi connectivity index (χ1n) is 4.59. The first kappa shape index (κ1) is 11.9. The zero-order valence-corrected chi connectivity index (χ0v) is 9.25. The van der Waals surface area contributed by atoms with Gasteiger partial charge in [-0.2, -0.15) is 0 Å². The fraction of sp³-hybridized carbons (Fsp3) is 1.00. The van der Waals surface area contributed by atoms with Crippen molar-refractivity contribution in [2.24, 2.45) is 0 Å². The second-order valence-electron chi connectivity index (χ2n) is 3.71. The molecule has 5 nitrogen and oxygen atoms in total. The van der Waals surface area contributed by atoms with Gasteiger partial charge < -0.3 is 15.2 Å². The Labute approximate surface area is 84.4 Å². The molecule has 1 saturated heterocycles. The number of ether oxygens (including phenoxy) is 1. The van der Waals surface area contributed by atoms with E-state index in [1.807, 2.05) is 6.92 Å². The van der Waals surface area contributed by atoms with Crippen LogP contribution >= 0.6 is 0 Å². The van der Waals surface area contributed by atoms with Crippen molar-refractivity contribution in [1.29, 1.82) is 0 Å². The largest absolute Gasteiger partial charge is 0.390 e. The van der Waals surface area contributed by atoms with E-state index in [4.69, 9.17) is 4.74 Å². The number of aliphatic hydroxyl groups excluding tert-OH is 1. The fourth-order valence-corrected chi connectivity index (χ4v) is 3.20. The first-order chi connectivity index (χ1) is 6.44. The van der Waals surface area contributed by atoms with E-state index in [9.17, 15) is 13.5 Å². The molecule has 0 bridgehead atoms. The molecule has 0 aromatic carbocycles. The Balaban J connectivity index is 2.40. The van der Waals surface area contributed by atoms with Gasteiger partial charge in [0.15, 0.2) is 9.84 Å². The highest BCUT2D eigenvalue weighted by molar-refractivity contribution is 7.91. The monoisotopic (exact) mass is 223 g/mol. The minimum Gasteiger partial charge on any atom is -0.390 e. The summed E-state index contributed by atoms with van der Waals surface area (Å²) < 4.78 is 27.3. The lowest BCUT2D eigenvalue weighted by Crippen LogP contribution is -2.42. The van der Waals surface area contributed by atoms with Crippen LogP contribution in [0.15, 0.2) is 0 Å². The standard InChI is InChI=1S/C8H17NO4S/c1-6(13-2)3-9-7-4-14(11,12)5-8(7)10/h6-10H,3-5H2,1-2H3. The van der Waals surface area contributed by atoms with Crippen LogP contribution in [0, 0.1) is 0 Å². The highest BCUT2D eigenvalue weighted by Crippen LogP contribution is 2.12. The molecule has 0 radical (unpaired) electrons. The number of hydrogen-bond donors (Lipinski definition) is 2. The summed E-state index contributed by atoms with van der Waals surface area (Å²) >= 11 is 0. The Kier molecular flexibility index (Phi) is 3.88. The van der Waals surface area contributed by atoms with E-state index >= 15 is 0 Å². The van der Waals surface area contributed by atoms with Crippen LogP contribution in [0.4, 0.5) is 0 Å². The number of rotatable bonds is 4. The number of nitrogens with one attached hydrogen (secondary N) is 1. The van der Waals surface area contributed by atoms with E-state index in [-0.39, 0.29) is 23.7 Å². The topological polar surface area (TPSA) is 75.6 Å². The van der Waals surface area contributed by atoms with E-state index in [0.717, 1.165) is 0 Å². The third-order valence-electron chi connectivity index (χ3n) is 2.39. The van der Waals surface area contributed by atoms with Gasteiger partial charge in [0, 0.05) is 19.7 Å². The molecule has 2 N–H and O–H groups in total. The third kappa shape index (κ3) is 3.20. The lowest BCUT2D eigenvalue weighted by Gasteiger charge is -2.17. The van der Waals surface area contributed by atoms with Gasteiger partial charge in [-0.25, -0.2) is 8.42 Å². The third-order valence-corrected chi connectivity index (χ3v) is 4.11. The summed E-state index contributed by atoms with van der Waals surface area (Å²) in [6, 6.07) is -0.349. The molecule has 1 rings (SSSR count). The van der Waals surface area contributed by atoms with Gasteiger partial charge in [0.2, 0.25) is 0 Å². The molecule has 0 saturated carbocycles. The smallest absolute Gasteiger partial charge is 0.154 e. The molecule has 84 valence electrons. The molecule has 1 aliphatic heterocycles. The van der Waals surface area contributed by atoms with Crippen molar-refractivity contribution in [3.05, 3.63) is 0 Å². The average Bonchev–Trinajstić information content (AvgIpc) is 2.35. The van der Waals surface area contributed by atoms with Gasteiger partial charge in [-0.15, -0.1) is 0 Å². The van der Waals surface area contributed by atoms with Gasteiger partial charge in [-0.1, -0.05) is 0 Å². The van der Waals surface area contributed by atoms with Crippen molar-refractivity contribution >= 4 is 9.84 Å². The second kappa shape index (κ2) is 4.57. The van der Waals surface area contributed by atoms with Crippen LogP contribution in [-0.2, 0) is 14.6 Å². The van der Waals surface area contributed by atoms with Crippen LogP contribution in [-0.4, -0.2) is 56.9 Å². The fourth-order valence-electron chi connectivity index (χ4n) is 1.42. The molecule has 1 aliphatic rings. The summed E-state index contributed by atoms with van der Waals surface area (Å²) in [7, 11) is -1.46. The summed E-state index contributed by atoms with van der Waals surface area (Å²) in [4.78, 5) is 0. The molecule has 1 fully saturated rings. The van der Waals surface area contributed by atoms with Gasteiger partial charge in [-0.05, 0) is 6.92 Å². The number of aliphatic hydroxyl groups is 1. The van der Waals surface area contributed by atoms with Crippen molar-refractivity contribution in [2.45, 2.75) is 25.2 Å². The van der Waals surface area contributed by atoms with E-state index in [1.54, 1.807) is 7.11 Å². The molecular weight excluding hydrogens is 206 g/mol. The van der Waals surface area contributed by atoms with Crippen molar-refractivity contribution in [2.75, 3.05) is 25.2 Å². The van der Waals surface area contributed by atoms with Crippen LogP contribution in [0.1, 0.15) is 6.92 Å². The van der Waals surface area contributed by atoms with Crippen molar-refractivity contribution < 1.29 is 18.3 Å². The lowest BCUT2D eigenvalue weighted by atomic mass is 10.2. The van der Waals surface area contributed by atoms with Crippen molar-refractivity contribution in [3.63, 3.8) is 0 Å². The van der Waals surface area contributed by atoms with E-state index in [1.165, 1.54) is 0 Å². The van der Waals surface area contributed by atoms with Crippen LogP contribution < -0.4 is 5.32 Å². The summed E-state index contributed by atoms with van der Waals surface area (Å²) in [5.41, 5.74) is 0. The number of hydrogen-bond acceptors (Lipinski definition) is 5. The van der Waals surface area contributed by atoms with Crippen LogP contribution in [0.5, 0.6) is 0 Å². The first-order valence-corrected chi connectivity index (χ1v) is 6.41. The molecule has 0 amide bonds. The maximum atomic E-state index is 11.1. The quantitative estimate of drug-likeness (QED) is 0.624. The zero-order chi connectivity index (χ0) is 10.8. The molecule has 0 aliphatic carbocycles. The average molecular weight is 223 g/mol. The predicted molar refractivity (Wildman–Crippen MR) is 52.9 cm³/mol. The van der Waals surface area contributed by atoms with Crippen LogP contribution in [0.3, 0.4) is 0 Å². The van der Waals surface area contributed by atoms with E-state index in [0.29, 0.717) is 6.54 Å². The van der Waals surface area contributed by atoms with Gasteiger partial charge >= 0.3 is 0 Å². The van der Waals surface area contributed by atoms with Crippen LogP contribution in [0.2, 0.25) is 0 Å². The van der Waals surface area contributed by atoms with Gasteiger partial charge in [0.25, 0.3) is 0 Å². The Morgan fingerprint density at radius 1 is 1.57 bits per heavy atom. The van der Waals surface area contributed by atoms with E-state index < -0.39 is 15.9 Å². The molecule has 6 heteroatoms. The zero-order valence-electron chi connectivity index (χ0n) is 8.43. The summed E-state index contributed by atoms with van der Waals surface area (Å²) in [5.74, 6) is -0.114. The number of sulfone groups is 1. The molecule has 1 heterocycles. The molecule has 14 heavy (non-hydrogen) atoms. The highest BCUT2D eigenvalue weighted by Gasteiger charge is 2.36. The second-order valence-corrected chi connectivity index (χ2v) is 5.86. The maximum absolute atomic E-state index is 11.1. The van der Waals surface area contributed by atoms with Crippen molar-refractivity contribution in [1.82, 2.24) is 5.32 Å². The Bertz CT molecular complexity index is 277. The SMILES string of the molecule is COC(C)CNC1CS(=O)(=O)CC1O. The molecule has 3 atom stereocenters. The minimum atomic E-state index is -3.05. The minimum absolute atomic E-state index is 0.0185. The van der Waals surface area contributed by atoms with Crippen LogP contribution in [0.25, 0.3) is 0 Å². The Morgan fingerprint density at radius 2 is 2.21 bits per heavy atom. The summed E-state index contributed by atoms with van der Waals surface area (Å²) in [6.07, 6.45) is -0.769. The summed E-state index contributed by atoms with van der Waals surface area (Å²) in [5, 5.41) is 12.4. The normalized spacial score (nSPS) is 33.1. The van der Waals surface area contributed by atoms with E-state index in [2.05, 4.69) is 5.32 Å². The van der Waals surface area contributed by atoms with Gasteiger partial charge in [0.05, 0.1) is 23.7 Å². The Morgan fingerprint density at radius 3 is 2.64 bits per heavy atom. The van der Waals surface area contributed by atoms with Gasteiger partial charge in [0.1, 0.15) is 0 Å². The lowest BCUT2D eigenvalue weighted by molar-refractivity contribution is 0.103. The van der Waals surface area contributed by atoms with Gasteiger partial charge in [-0.3, -0.25) is 0 Å². The maximum Gasteiger partial charge on any atom is 0.154 e. The highest BCUT2D eigenvalue weighted by atomic mass is 32.2. The predicted octanol–water partition coefficient (Wildman–Crippen LogP) is -1.23. The molecule has 0 spiro atoms. The molecule has 0 aromatic heterocycles. The summed E-state index contributed by atoms with van der Waals surface area (Å²) in [6.45, 7) is 2.43. The number of methoxy groups -OCH3 is 1.